The first-order valence-corrected chi connectivity index (χ1v) is 10.3. The first-order valence-electron chi connectivity index (χ1n) is 8.91. The fraction of sp³-hybridized carbons (Fsp3) is 0.611. The Morgan fingerprint density at radius 3 is 2.28 bits per heavy atom. The minimum atomic E-state index is -3.34. The fourth-order valence-corrected chi connectivity index (χ4v) is 4.14. The summed E-state index contributed by atoms with van der Waals surface area (Å²) in [4.78, 5) is 4.60. The molecule has 1 atom stereocenters. The Bertz CT molecular complexity index is 678. The van der Waals surface area contributed by atoms with E-state index in [9.17, 15) is 8.42 Å². The molecule has 0 bridgehead atoms. The molecule has 1 aliphatic rings. The Labute approximate surface area is 151 Å². The average Bonchev–Trinajstić information content (AvgIpc) is 3.14. The molecule has 7 heteroatoms. The molecular formula is C18H30N4O2S. The predicted octanol–water partition coefficient (Wildman–Crippen LogP) is 2.18. The first kappa shape index (κ1) is 19.7. The lowest BCUT2D eigenvalue weighted by atomic mass is 10.1. The van der Waals surface area contributed by atoms with Crippen LogP contribution in [0.3, 0.4) is 0 Å². The minimum absolute atomic E-state index is 0.319. The van der Waals surface area contributed by atoms with Crippen LogP contribution in [0.25, 0.3) is 0 Å². The molecule has 0 aliphatic carbocycles. The summed E-state index contributed by atoms with van der Waals surface area (Å²) in [5.41, 5.74) is 1.01. The highest BCUT2D eigenvalue weighted by Gasteiger charge is 2.26. The minimum Gasteiger partial charge on any atom is -0.354 e. The molecule has 0 amide bonds. The van der Waals surface area contributed by atoms with Crippen molar-refractivity contribution >= 4 is 16.0 Å². The van der Waals surface area contributed by atoms with E-state index in [4.69, 9.17) is 0 Å². The van der Waals surface area contributed by atoms with E-state index < -0.39 is 10.0 Å². The second-order valence-corrected chi connectivity index (χ2v) is 8.80. The van der Waals surface area contributed by atoms with Crippen LogP contribution in [0.5, 0.6) is 0 Å². The zero-order valence-electron chi connectivity index (χ0n) is 15.6. The molecule has 140 valence electrons. The molecule has 0 saturated carbocycles. The highest BCUT2D eigenvalue weighted by atomic mass is 32.2. The van der Waals surface area contributed by atoms with E-state index in [0.717, 1.165) is 24.4 Å². The number of nitrogens with zero attached hydrogens (tertiary/aromatic N) is 2. The summed E-state index contributed by atoms with van der Waals surface area (Å²) in [7, 11) is -1.60. The highest BCUT2D eigenvalue weighted by molar-refractivity contribution is 7.89. The van der Waals surface area contributed by atoms with Gasteiger partial charge < -0.3 is 10.6 Å². The Kier molecular flexibility index (Phi) is 6.84. The average molecular weight is 367 g/mol. The van der Waals surface area contributed by atoms with Gasteiger partial charge in [0.1, 0.15) is 0 Å². The van der Waals surface area contributed by atoms with Gasteiger partial charge in [0.2, 0.25) is 10.0 Å². The molecule has 0 aromatic heterocycles. The summed E-state index contributed by atoms with van der Waals surface area (Å²) in [5, 5.41) is 6.61. The van der Waals surface area contributed by atoms with Crippen molar-refractivity contribution in [2.75, 3.05) is 20.1 Å². The van der Waals surface area contributed by atoms with Crippen LogP contribution in [0.2, 0.25) is 0 Å². The van der Waals surface area contributed by atoms with Gasteiger partial charge in [-0.05, 0) is 43.4 Å². The normalized spacial score (nSPS) is 17.7. The largest absolute Gasteiger partial charge is 0.354 e. The van der Waals surface area contributed by atoms with Gasteiger partial charge in [-0.3, -0.25) is 4.99 Å². The topological polar surface area (TPSA) is 73.8 Å². The van der Waals surface area contributed by atoms with E-state index in [0.29, 0.717) is 36.5 Å². The molecule has 25 heavy (non-hydrogen) atoms. The Balaban J connectivity index is 1.96. The Morgan fingerprint density at radius 1 is 1.16 bits per heavy atom. The maximum Gasteiger partial charge on any atom is 0.243 e. The van der Waals surface area contributed by atoms with Crippen molar-refractivity contribution in [2.45, 2.75) is 51.1 Å². The molecule has 1 heterocycles. The maximum absolute atomic E-state index is 12.5. The number of hydrogen-bond acceptors (Lipinski definition) is 3. The third kappa shape index (κ3) is 5.19. The van der Waals surface area contributed by atoms with Crippen molar-refractivity contribution in [2.24, 2.45) is 10.9 Å². The van der Waals surface area contributed by atoms with E-state index in [1.165, 1.54) is 0 Å². The zero-order valence-corrected chi connectivity index (χ0v) is 16.4. The summed E-state index contributed by atoms with van der Waals surface area (Å²) >= 11 is 0. The number of sulfonamides is 1. The first-order chi connectivity index (χ1) is 11.8. The molecule has 1 aromatic rings. The SMILES string of the molecule is CN=C(NCc1ccc(S(=O)(=O)N2CCCC2)cc1)NC(C)C(C)C. The Morgan fingerprint density at radius 2 is 1.76 bits per heavy atom. The van der Waals surface area contributed by atoms with E-state index >= 15 is 0 Å². The number of nitrogens with one attached hydrogen (secondary N) is 2. The number of guanidine groups is 1. The monoisotopic (exact) mass is 366 g/mol. The van der Waals surface area contributed by atoms with E-state index in [2.05, 4.69) is 36.4 Å². The number of benzene rings is 1. The molecule has 1 unspecified atom stereocenters. The highest BCUT2D eigenvalue weighted by Crippen LogP contribution is 2.21. The van der Waals surface area contributed by atoms with Crippen molar-refractivity contribution in [3.8, 4) is 0 Å². The lowest BCUT2D eigenvalue weighted by molar-refractivity contribution is 0.477. The lowest BCUT2D eigenvalue weighted by Gasteiger charge is -2.21. The molecule has 1 aromatic carbocycles. The zero-order chi connectivity index (χ0) is 18.4. The van der Waals surface area contributed by atoms with Crippen LogP contribution in [-0.2, 0) is 16.6 Å². The van der Waals surface area contributed by atoms with Crippen molar-refractivity contribution in [1.82, 2.24) is 14.9 Å². The van der Waals surface area contributed by atoms with Crippen LogP contribution in [0.1, 0.15) is 39.2 Å². The van der Waals surface area contributed by atoms with Crippen LogP contribution < -0.4 is 10.6 Å². The summed E-state index contributed by atoms with van der Waals surface area (Å²) in [6.45, 7) is 8.28. The standard InChI is InChI=1S/C18H30N4O2S/c1-14(2)15(3)21-18(19-4)20-13-16-7-9-17(10-8-16)25(23,24)22-11-5-6-12-22/h7-10,14-15H,5-6,11-13H2,1-4H3,(H2,19,20,21). The van der Waals surface area contributed by atoms with Gasteiger partial charge in [0.25, 0.3) is 0 Å². The van der Waals surface area contributed by atoms with Crippen molar-refractivity contribution < 1.29 is 8.42 Å². The molecule has 1 fully saturated rings. The molecular weight excluding hydrogens is 336 g/mol. The van der Waals surface area contributed by atoms with Crippen LogP contribution in [-0.4, -0.2) is 44.9 Å². The Hall–Kier alpha value is -1.60. The third-order valence-corrected chi connectivity index (χ3v) is 6.59. The summed E-state index contributed by atoms with van der Waals surface area (Å²) in [6, 6.07) is 7.42. The fourth-order valence-electron chi connectivity index (χ4n) is 2.62. The van der Waals surface area contributed by atoms with Crippen LogP contribution in [0.4, 0.5) is 0 Å². The second kappa shape index (κ2) is 8.67. The third-order valence-electron chi connectivity index (χ3n) is 4.67. The summed E-state index contributed by atoms with van der Waals surface area (Å²) in [6.07, 6.45) is 1.89. The van der Waals surface area contributed by atoms with E-state index in [1.807, 2.05) is 12.1 Å². The van der Waals surface area contributed by atoms with E-state index in [-0.39, 0.29) is 0 Å². The molecule has 6 nitrogen and oxygen atoms in total. The van der Waals surface area contributed by atoms with Crippen molar-refractivity contribution in [3.05, 3.63) is 29.8 Å². The van der Waals surface area contributed by atoms with E-state index in [1.54, 1.807) is 23.5 Å². The van der Waals surface area contributed by atoms with Gasteiger partial charge in [-0.15, -0.1) is 0 Å². The number of aliphatic imine (C=N–C) groups is 1. The van der Waals surface area contributed by atoms with Crippen LogP contribution in [0.15, 0.2) is 34.2 Å². The maximum atomic E-state index is 12.5. The molecule has 2 N–H and O–H groups in total. The predicted molar refractivity (Wildman–Crippen MR) is 102 cm³/mol. The summed E-state index contributed by atoms with van der Waals surface area (Å²) in [5.74, 6) is 1.25. The number of hydrogen-bond donors (Lipinski definition) is 2. The van der Waals surface area contributed by atoms with Gasteiger partial charge >= 0.3 is 0 Å². The molecule has 1 aliphatic heterocycles. The number of rotatable bonds is 6. The van der Waals surface area contributed by atoms with Gasteiger partial charge in [-0.1, -0.05) is 26.0 Å². The van der Waals surface area contributed by atoms with Gasteiger partial charge in [0, 0.05) is 32.7 Å². The van der Waals surface area contributed by atoms with Gasteiger partial charge in [-0.2, -0.15) is 4.31 Å². The van der Waals surface area contributed by atoms with Crippen LogP contribution in [0, 0.1) is 5.92 Å². The second-order valence-electron chi connectivity index (χ2n) is 6.86. The lowest BCUT2D eigenvalue weighted by Crippen LogP contribution is -2.43. The van der Waals surface area contributed by atoms with Crippen molar-refractivity contribution in [1.29, 1.82) is 0 Å². The summed E-state index contributed by atoms with van der Waals surface area (Å²) < 4.78 is 26.6. The molecule has 1 saturated heterocycles. The smallest absolute Gasteiger partial charge is 0.243 e. The quantitative estimate of drug-likeness (QED) is 0.598. The molecule has 0 spiro atoms. The van der Waals surface area contributed by atoms with Gasteiger partial charge in [0.15, 0.2) is 5.96 Å². The molecule has 2 rings (SSSR count). The molecule has 0 radical (unpaired) electrons. The van der Waals surface area contributed by atoms with Crippen LogP contribution >= 0.6 is 0 Å². The van der Waals surface area contributed by atoms with Crippen molar-refractivity contribution in [3.63, 3.8) is 0 Å². The van der Waals surface area contributed by atoms with Gasteiger partial charge in [0.05, 0.1) is 4.90 Å². The van der Waals surface area contributed by atoms with Gasteiger partial charge in [-0.25, -0.2) is 8.42 Å².